The van der Waals surface area contributed by atoms with Crippen LogP contribution in [0.15, 0.2) is 0 Å². The first-order valence-electron chi connectivity index (χ1n) is 0.908. The molecular formula is C5H14N2S2. The highest BCUT2D eigenvalue weighted by Gasteiger charge is 0.978. The van der Waals surface area contributed by atoms with Crippen LogP contribution in [0.25, 0.3) is 0 Å². The zero-order valence-electron chi connectivity index (χ0n) is 2.82. The molecule has 0 aliphatic heterocycles. The van der Waals surface area contributed by atoms with Crippen LogP contribution in [0.1, 0.15) is 22.3 Å². The average Bonchev–Trinajstić information content (AvgIpc) is 1.39. The van der Waals surface area contributed by atoms with E-state index >= 15 is 0 Å². The summed E-state index contributed by atoms with van der Waals surface area (Å²) in [4.78, 5) is 0. The normalized spacial score (nSPS) is 1.78. The molecule has 4 heteroatoms. The lowest BCUT2D eigenvalue weighted by atomic mass is 11.8. The van der Waals surface area contributed by atoms with Crippen LogP contribution >= 0.6 is 24.4 Å². The van der Waals surface area contributed by atoms with E-state index in [9.17, 15) is 0 Å². The van der Waals surface area contributed by atoms with Crippen LogP contribution in [0.5, 0.6) is 0 Å². The summed E-state index contributed by atoms with van der Waals surface area (Å²) in [5, 5.41) is 14.7. The molecule has 2 N–H and O–H groups in total. The minimum Gasteiger partial charge on any atom is -0.248 e. The summed E-state index contributed by atoms with van der Waals surface area (Å²) in [6.45, 7) is 0. The van der Waals surface area contributed by atoms with E-state index < -0.39 is 0 Å². The number of hydrogen-bond acceptors (Lipinski definition) is 4. The highest BCUT2D eigenvalue weighted by molar-refractivity contribution is 7.78. The van der Waals surface area contributed by atoms with Crippen molar-refractivity contribution in [3.8, 4) is 0 Å². The Labute approximate surface area is 68.3 Å². The zero-order valence-corrected chi connectivity index (χ0v) is 4.45. The van der Waals surface area contributed by atoms with Crippen LogP contribution < -0.4 is 0 Å². The Morgan fingerprint density at radius 1 is 0.778 bits per heavy atom. The summed E-state index contributed by atoms with van der Waals surface area (Å²) in [6.07, 6.45) is 0. The van der Waals surface area contributed by atoms with Gasteiger partial charge in [-0.15, -0.1) is 0 Å². The van der Waals surface area contributed by atoms with Crippen molar-refractivity contribution in [1.29, 1.82) is 10.8 Å². The van der Waals surface area contributed by atoms with Crippen LogP contribution in [0.2, 0.25) is 0 Å². The average molecular weight is 166 g/mol. The Morgan fingerprint density at radius 3 is 0.778 bits per heavy atom. The van der Waals surface area contributed by atoms with E-state index in [1.165, 1.54) is 0 Å². The molecule has 0 radical (unpaired) electrons. The van der Waals surface area contributed by atoms with Gasteiger partial charge in [0.05, 0.1) is 10.3 Å². The van der Waals surface area contributed by atoms with Crippen molar-refractivity contribution >= 4 is 34.8 Å². The number of thiocarbonyl (C=S) groups is 2. The summed E-state index contributed by atoms with van der Waals surface area (Å²) >= 11 is 7.62. The monoisotopic (exact) mass is 166 g/mol. The maximum Gasteiger partial charge on any atom is 0.0554 e. The molecule has 9 heavy (non-hydrogen) atoms. The van der Waals surface area contributed by atoms with E-state index in [-0.39, 0.29) is 22.3 Å². The van der Waals surface area contributed by atoms with Crippen molar-refractivity contribution in [3.05, 3.63) is 0 Å². The van der Waals surface area contributed by atoms with Gasteiger partial charge in [-0.1, -0.05) is 22.3 Å². The highest BCUT2D eigenvalue weighted by Crippen LogP contribution is 1.16. The minimum atomic E-state index is 0. The molecule has 0 aliphatic carbocycles. The summed E-state index contributed by atoms with van der Waals surface area (Å²) in [5.74, 6) is 0. The first-order chi connectivity index (χ1) is 2.83. The van der Waals surface area contributed by atoms with Crippen molar-refractivity contribution in [2.45, 2.75) is 22.3 Å². The van der Waals surface area contributed by atoms with Crippen LogP contribution in [-0.2, 0) is 0 Å². The second kappa shape index (κ2) is 129. The Kier molecular flexibility index (Phi) is 551. The molecule has 0 aliphatic rings. The van der Waals surface area contributed by atoms with Crippen molar-refractivity contribution in [3.63, 3.8) is 0 Å². The first-order valence-corrected chi connectivity index (χ1v) is 1.72. The van der Waals surface area contributed by atoms with Crippen LogP contribution in [0.3, 0.4) is 0 Å². The SMILES string of the molecule is C.C.C.N=C=S.N=C=S. The summed E-state index contributed by atoms with van der Waals surface area (Å²) < 4.78 is 0. The van der Waals surface area contributed by atoms with Gasteiger partial charge in [-0.25, -0.2) is 10.8 Å². The first kappa shape index (κ1) is 38.3. The van der Waals surface area contributed by atoms with Gasteiger partial charge in [0, 0.05) is 0 Å². The minimum absolute atomic E-state index is 0. The van der Waals surface area contributed by atoms with Gasteiger partial charge >= 0.3 is 0 Å². The Morgan fingerprint density at radius 2 is 0.778 bits per heavy atom. The fraction of sp³-hybridized carbons (Fsp3) is 0.600. The molecule has 0 saturated heterocycles. The molecule has 2 nitrogen and oxygen atoms in total. The molecule has 0 heterocycles. The third-order valence-electron chi connectivity index (χ3n) is 0. The van der Waals surface area contributed by atoms with Gasteiger partial charge in [0.2, 0.25) is 0 Å². The van der Waals surface area contributed by atoms with E-state index in [2.05, 4.69) is 24.4 Å². The molecule has 0 amide bonds. The van der Waals surface area contributed by atoms with Gasteiger partial charge < -0.3 is 0 Å². The second-order valence-electron chi connectivity index (χ2n) is 0.204. The molecule has 0 aromatic carbocycles. The topological polar surface area (TPSA) is 47.7 Å². The smallest absolute Gasteiger partial charge is 0.0554 e. The van der Waals surface area contributed by atoms with E-state index in [0.29, 0.717) is 0 Å². The van der Waals surface area contributed by atoms with Gasteiger partial charge in [0.1, 0.15) is 0 Å². The maximum atomic E-state index is 5.77. The van der Waals surface area contributed by atoms with Gasteiger partial charge in [-0.2, -0.15) is 0 Å². The molecule has 0 aromatic heterocycles. The lowest BCUT2D eigenvalue weighted by molar-refractivity contribution is 1.61. The van der Waals surface area contributed by atoms with E-state index in [1.54, 1.807) is 10.3 Å². The summed E-state index contributed by atoms with van der Waals surface area (Å²) in [6, 6.07) is 0. The van der Waals surface area contributed by atoms with Gasteiger partial charge in [-0.3, -0.25) is 0 Å². The van der Waals surface area contributed by atoms with E-state index in [4.69, 9.17) is 10.8 Å². The lowest BCUT2D eigenvalue weighted by Crippen LogP contribution is -1.03. The van der Waals surface area contributed by atoms with Crippen LogP contribution in [0, 0.1) is 10.8 Å². The molecule has 0 aromatic rings. The second-order valence-corrected chi connectivity index (χ2v) is 0.612. The van der Waals surface area contributed by atoms with Gasteiger partial charge in [0.25, 0.3) is 0 Å². The zero-order chi connectivity index (χ0) is 5.41. The van der Waals surface area contributed by atoms with E-state index in [1.807, 2.05) is 0 Å². The summed E-state index contributed by atoms with van der Waals surface area (Å²) in [7, 11) is 0. The number of isothiocyanates is 2. The third-order valence-corrected chi connectivity index (χ3v) is 0. The van der Waals surface area contributed by atoms with Crippen LogP contribution in [-0.4, -0.2) is 10.3 Å². The maximum absolute atomic E-state index is 5.77. The van der Waals surface area contributed by atoms with Crippen molar-refractivity contribution in [2.75, 3.05) is 0 Å². The molecule has 0 bridgehead atoms. The predicted molar refractivity (Wildman–Crippen MR) is 50.8 cm³/mol. The fourth-order valence-electron chi connectivity index (χ4n) is 0. The van der Waals surface area contributed by atoms with Crippen molar-refractivity contribution < 1.29 is 0 Å². The number of nitrogens with one attached hydrogen (secondary N) is 2. The quantitative estimate of drug-likeness (QED) is 0.428. The van der Waals surface area contributed by atoms with Gasteiger partial charge in [0.15, 0.2) is 0 Å². The molecular weight excluding hydrogens is 152 g/mol. The fourth-order valence-corrected chi connectivity index (χ4v) is 0. The molecule has 56 valence electrons. The number of hydrogen-bond donors (Lipinski definition) is 2. The Hall–Kier alpha value is -0.400. The summed E-state index contributed by atoms with van der Waals surface area (Å²) in [5.41, 5.74) is 0. The van der Waals surface area contributed by atoms with Gasteiger partial charge in [-0.05, 0) is 24.4 Å². The molecule has 0 spiro atoms. The highest BCUT2D eigenvalue weighted by atomic mass is 32.1. The Bertz CT molecular complexity index is 67.0. The Balaban J connectivity index is -0.00000000889. The molecule has 0 atom stereocenters. The van der Waals surface area contributed by atoms with Crippen LogP contribution in [0.4, 0.5) is 0 Å². The van der Waals surface area contributed by atoms with E-state index in [0.717, 1.165) is 0 Å². The number of rotatable bonds is 0. The van der Waals surface area contributed by atoms with Crippen molar-refractivity contribution in [1.82, 2.24) is 0 Å². The lowest BCUT2D eigenvalue weighted by Gasteiger charge is -1.05. The molecule has 0 rings (SSSR count). The standard InChI is InChI=1S/2CHNS.3CH4/c2*2-1-3;;;/h2*2H;3*1H4. The van der Waals surface area contributed by atoms with Crippen molar-refractivity contribution in [2.24, 2.45) is 0 Å². The third kappa shape index (κ3) is 1490. The molecule has 0 fully saturated rings. The predicted octanol–water partition coefficient (Wildman–Crippen LogP) is 3.24. The molecule has 0 saturated carbocycles. The largest absolute Gasteiger partial charge is 0.248 e. The molecule has 0 unspecified atom stereocenters.